The zero-order valence-corrected chi connectivity index (χ0v) is 9.72. The lowest BCUT2D eigenvalue weighted by Gasteiger charge is -2.09. The largest absolute Gasteiger partial charge is 0.493 e. The smallest absolute Gasteiger partial charge is 0.150 e. The normalized spacial score (nSPS) is 9.94. The van der Waals surface area contributed by atoms with Crippen LogP contribution < -0.4 is 4.74 Å². The first-order chi connectivity index (χ1) is 8.35. The second kappa shape index (κ2) is 5.30. The maximum atomic E-state index is 10.6. The highest BCUT2D eigenvalue weighted by Crippen LogP contribution is 2.29. The summed E-state index contributed by atoms with van der Waals surface area (Å²) in [4.78, 5) is 10.6. The summed E-state index contributed by atoms with van der Waals surface area (Å²) in [5, 5.41) is 0. The number of para-hydroxylation sites is 1. The molecule has 0 atom stereocenters. The van der Waals surface area contributed by atoms with E-state index in [1.807, 2.05) is 55.5 Å². The van der Waals surface area contributed by atoms with Gasteiger partial charge < -0.3 is 4.74 Å². The van der Waals surface area contributed by atoms with Crippen LogP contribution in [0.5, 0.6) is 5.75 Å². The van der Waals surface area contributed by atoms with Gasteiger partial charge in [0.15, 0.2) is 0 Å². The van der Waals surface area contributed by atoms with Crippen molar-refractivity contribution in [2.24, 2.45) is 0 Å². The molecule has 0 amide bonds. The van der Waals surface area contributed by atoms with Gasteiger partial charge in [-0.1, -0.05) is 42.5 Å². The fraction of sp³-hybridized carbons (Fsp3) is 0.133. The number of benzene rings is 2. The summed E-state index contributed by atoms with van der Waals surface area (Å²) in [7, 11) is 0. The quantitative estimate of drug-likeness (QED) is 0.745. The van der Waals surface area contributed by atoms with Crippen molar-refractivity contribution < 1.29 is 9.53 Å². The van der Waals surface area contributed by atoms with Crippen LogP contribution in [-0.4, -0.2) is 12.9 Å². The predicted molar refractivity (Wildman–Crippen MR) is 68.4 cm³/mol. The van der Waals surface area contributed by atoms with Crippen molar-refractivity contribution in [1.29, 1.82) is 0 Å². The number of hydrogen-bond acceptors (Lipinski definition) is 2. The molecule has 0 fully saturated rings. The number of ether oxygens (including phenoxy) is 1. The van der Waals surface area contributed by atoms with Gasteiger partial charge in [-0.2, -0.15) is 0 Å². The van der Waals surface area contributed by atoms with E-state index in [2.05, 4.69) is 0 Å². The minimum absolute atomic E-state index is 0.642. The standard InChI is InChI=1S/C15H14O2/c1-2-17-15-6-4-3-5-14(15)13-9-7-12(11-16)8-10-13/h3-11H,2H2,1H3. The molecule has 86 valence electrons. The van der Waals surface area contributed by atoms with E-state index in [-0.39, 0.29) is 0 Å². The van der Waals surface area contributed by atoms with Gasteiger partial charge in [-0.05, 0) is 18.6 Å². The van der Waals surface area contributed by atoms with Gasteiger partial charge in [0.2, 0.25) is 0 Å². The lowest BCUT2D eigenvalue weighted by molar-refractivity contribution is 0.112. The first-order valence-corrected chi connectivity index (χ1v) is 5.62. The van der Waals surface area contributed by atoms with Gasteiger partial charge in [0.1, 0.15) is 12.0 Å². The van der Waals surface area contributed by atoms with Crippen LogP contribution in [0.15, 0.2) is 48.5 Å². The second-order valence-corrected chi connectivity index (χ2v) is 3.67. The second-order valence-electron chi connectivity index (χ2n) is 3.67. The van der Waals surface area contributed by atoms with Crippen molar-refractivity contribution in [3.63, 3.8) is 0 Å². The Labute approximate surface area is 101 Å². The molecule has 0 bridgehead atoms. The molecule has 0 aliphatic rings. The van der Waals surface area contributed by atoms with Crippen LogP contribution in [0.1, 0.15) is 17.3 Å². The van der Waals surface area contributed by atoms with E-state index in [9.17, 15) is 4.79 Å². The Morgan fingerprint density at radius 3 is 2.41 bits per heavy atom. The maximum Gasteiger partial charge on any atom is 0.150 e. The molecule has 0 radical (unpaired) electrons. The number of carbonyl (C=O) groups excluding carboxylic acids is 1. The van der Waals surface area contributed by atoms with Gasteiger partial charge in [0.05, 0.1) is 6.61 Å². The summed E-state index contributed by atoms with van der Waals surface area (Å²) < 4.78 is 5.58. The van der Waals surface area contributed by atoms with E-state index >= 15 is 0 Å². The van der Waals surface area contributed by atoms with Gasteiger partial charge in [0.25, 0.3) is 0 Å². The third kappa shape index (κ3) is 2.53. The van der Waals surface area contributed by atoms with E-state index in [4.69, 9.17) is 4.74 Å². The molecule has 0 N–H and O–H groups in total. The highest BCUT2D eigenvalue weighted by atomic mass is 16.5. The predicted octanol–water partition coefficient (Wildman–Crippen LogP) is 3.56. The lowest BCUT2D eigenvalue weighted by Crippen LogP contribution is -1.93. The van der Waals surface area contributed by atoms with Crippen LogP contribution in [0.2, 0.25) is 0 Å². The zero-order valence-electron chi connectivity index (χ0n) is 9.72. The fourth-order valence-corrected chi connectivity index (χ4v) is 1.73. The first-order valence-electron chi connectivity index (χ1n) is 5.62. The van der Waals surface area contributed by atoms with Gasteiger partial charge in [0, 0.05) is 11.1 Å². The first kappa shape index (κ1) is 11.4. The minimum Gasteiger partial charge on any atom is -0.493 e. The molecule has 0 unspecified atom stereocenters. The lowest BCUT2D eigenvalue weighted by atomic mass is 10.0. The Bertz CT molecular complexity index is 501. The minimum atomic E-state index is 0.642. The van der Waals surface area contributed by atoms with Crippen LogP contribution in [-0.2, 0) is 0 Å². The van der Waals surface area contributed by atoms with Crippen LogP contribution in [0.4, 0.5) is 0 Å². The molecule has 0 saturated heterocycles. The Balaban J connectivity index is 2.40. The molecule has 17 heavy (non-hydrogen) atoms. The molecule has 2 aromatic rings. The summed E-state index contributed by atoms with van der Waals surface area (Å²) in [5.41, 5.74) is 2.79. The van der Waals surface area contributed by atoms with E-state index < -0.39 is 0 Å². The Hall–Kier alpha value is -2.09. The average Bonchev–Trinajstić information content (AvgIpc) is 2.40. The fourth-order valence-electron chi connectivity index (χ4n) is 1.73. The number of rotatable bonds is 4. The van der Waals surface area contributed by atoms with Crippen molar-refractivity contribution in [2.45, 2.75) is 6.92 Å². The van der Waals surface area contributed by atoms with E-state index in [0.717, 1.165) is 23.2 Å². The molecule has 2 heteroatoms. The van der Waals surface area contributed by atoms with E-state index in [1.54, 1.807) is 0 Å². The summed E-state index contributed by atoms with van der Waals surface area (Å²) in [6, 6.07) is 15.4. The molecule has 2 nitrogen and oxygen atoms in total. The van der Waals surface area contributed by atoms with Crippen LogP contribution in [0, 0.1) is 0 Å². The van der Waals surface area contributed by atoms with Gasteiger partial charge >= 0.3 is 0 Å². The van der Waals surface area contributed by atoms with Crippen LogP contribution in [0.25, 0.3) is 11.1 Å². The van der Waals surface area contributed by atoms with Gasteiger partial charge in [-0.3, -0.25) is 4.79 Å². The number of carbonyl (C=O) groups is 1. The van der Waals surface area contributed by atoms with Gasteiger partial charge in [-0.15, -0.1) is 0 Å². The molecule has 0 heterocycles. The monoisotopic (exact) mass is 226 g/mol. The number of hydrogen-bond donors (Lipinski definition) is 0. The van der Waals surface area contributed by atoms with Gasteiger partial charge in [-0.25, -0.2) is 0 Å². The third-order valence-corrected chi connectivity index (χ3v) is 2.54. The summed E-state index contributed by atoms with van der Waals surface area (Å²) >= 11 is 0. The summed E-state index contributed by atoms with van der Waals surface area (Å²) in [5.74, 6) is 0.869. The molecule has 2 aromatic carbocycles. The molecule has 0 aromatic heterocycles. The molecule has 0 aliphatic heterocycles. The Kier molecular flexibility index (Phi) is 3.55. The van der Waals surface area contributed by atoms with Crippen LogP contribution in [0.3, 0.4) is 0 Å². The maximum absolute atomic E-state index is 10.6. The van der Waals surface area contributed by atoms with Crippen LogP contribution >= 0.6 is 0 Å². The zero-order chi connectivity index (χ0) is 12.1. The molecule has 0 spiro atoms. The summed E-state index contributed by atoms with van der Waals surface area (Å²) in [6.45, 7) is 2.61. The molecular formula is C15H14O2. The van der Waals surface area contributed by atoms with Crippen molar-refractivity contribution in [3.8, 4) is 16.9 Å². The molecule has 2 rings (SSSR count). The Morgan fingerprint density at radius 2 is 1.76 bits per heavy atom. The number of aldehydes is 1. The van der Waals surface area contributed by atoms with Crippen molar-refractivity contribution in [3.05, 3.63) is 54.1 Å². The SMILES string of the molecule is CCOc1ccccc1-c1ccc(C=O)cc1. The third-order valence-electron chi connectivity index (χ3n) is 2.54. The van der Waals surface area contributed by atoms with Crippen molar-refractivity contribution in [1.82, 2.24) is 0 Å². The van der Waals surface area contributed by atoms with Crippen molar-refractivity contribution >= 4 is 6.29 Å². The summed E-state index contributed by atoms with van der Waals surface area (Å²) in [6.07, 6.45) is 0.845. The highest BCUT2D eigenvalue weighted by Gasteiger charge is 2.04. The topological polar surface area (TPSA) is 26.3 Å². The van der Waals surface area contributed by atoms with E-state index in [0.29, 0.717) is 12.2 Å². The van der Waals surface area contributed by atoms with E-state index in [1.165, 1.54) is 0 Å². The molecular weight excluding hydrogens is 212 g/mol. The van der Waals surface area contributed by atoms with Crippen molar-refractivity contribution in [2.75, 3.05) is 6.61 Å². The molecule has 0 aliphatic carbocycles. The highest BCUT2D eigenvalue weighted by molar-refractivity contribution is 5.78. The Morgan fingerprint density at radius 1 is 1.06 bits per heavy atom. The molecule has 0 saturated carbocycles. The average molecular weight is 226 g/mol.